The van der Waals surface area contributed by atoms with Crippen molar-refractivity contribution >= 4 is 26.0 Å². The van der Waals surface area contributed by atoms with Crippen molar-refractivity contribution in [3.63, 3.8) is 0 Å². The number of imidazole rings is 1. The van der Waals surface area contributed by atoms with Crippen molar-refractivity contribution in [3.8, 4) is 0 Å². The van der Waals surface area contributed by atoms with E-state index in [4.69, 9.17) is 5.14 Å². The smallest absolute Gasteiger partial charge is 0.257 e. The Morgan fingerprint density at radius 2 is 2.15 bits per heavy atom. The van der Waals surface area contributed by atoms with E-state index in [2.05, 4.69) is 20.9 Å². The summed E-state index contributed by atoms with van der Waals surface area (Å²) in [5, 5.41) is 4.91. The molecule has 2 aromatic rings. The number of nitrogens with zero attached hydrogens (tertiary/aromatic N) is 2. The van der Waals surface area contributed by atoms with E-state index < -0.39 is 10.0 Å². The van der Waals surface area contributed by atoms with Crippen molar-refractivity contribution in [1.29, 1.82) is 0 Å². The van der Waals surface area contributed by atoms with Gasteiger partial charge in [0.25, 0.3) is 10.0 Å². The summed E-state index contributed by atoms with van der Waals surface area (Å²) < 4.78 is 37.9. The van der Waals surface area contributed by atoms with Gasteiger partial charge in [0.1, 0.15) is 11.6 Å². The molecule has 108 valence electrons. The van der Waals surface area contributed by atoms with Crippen molar-refractivity contribution in [1.82, 2.24) is 9.55 Å². The number of aromatic nitrogens is 2. The molecule has 1 aromatic heterocycles. The van der Waals surface area contributed by atoms with Gasteiger partial charge in [-0.25, -0.2) is 22.9 Å². The fraction of sp³-hybridized carbons (Fsp3) is 0.250. The van der Waals surface area contributed by atoms with Gasteiger partial charge in [0.15, 0.2) is 5.03 Å². The zero-order chi connectivity index (χ0) is 14.9. The SMILES string of the molecule is CCc1nc(S(N)(=O)=O)cn1Cc1ccc(F)c(Br)c1. The molecule has 0 saturated heterocycles. The maximum absolute atomic E-state index is 13.2. The van der Waals surface area contributed by atoms with Gasteiger partial charge in [0, 0.05) is 19.2 Å². The number of nitrogens with two attached hydrogens (primary N) is 1. The third-order valence-electron chi connectivity index (χ3n) is 2.78. The van der Waals surface area contributed by atoms with Crippen LogP contribution < -0.4 is 5.14 Å². The molecular formula is C12H13BrFN3O2S. The Bertz CT molecular complexity index is 743. The number of sulfonamides is 1. The van der Waals surface area contributed by atoms with Gasteiger partial charge >= 0.3 is 0 Å². The van der Waals surface area contributed by atoms with E-state index in [9.17, 15) is 12.8 Å². The van der Waals surface area contributed by atoms with Crippen LogP contribution in [-0.4, -0.2) is 18.0 Å². The summed E-state index contributed by atoms with van der Waals surface area (Å²) in [5.41, 5.74) is 0.825. The van der Waals surface area contributed by atoms with E-state index in [0.717, 1.165) is 5.56 Å². The summed E-state index contributed by atoms with van der Waals surface area (Å²) in [6.45, 7) is 2.26. The van der Waals surface area contributed by atoms with Crippen LogP contribution in [0.25, 0.3) is 0 Å². The summed E-state index contributed by atoms with van der Waals surface area (Å²) >= 11 is 3.12. The molecule has 0 amide bonds. The molecule has 0 unspecified atom stereocenters. The van der Waals surface area contributed by atoms with Gasteiger partial charge in [-0.3, -0.25) is 0 Å². The fourth-order valence-corrected chi connectivity index (χ4v) is 2.75. The average Bonchev–Trinajstić information content (AvgIpc) is 2.77. The Hall–Kier alpha value is -1.25. The Morgan fingerprint density at radius 1 is 1.45 bits per heavy atom. The van der Waals surface area contributed by atoms with Crippen LogP contribution in [0, 0.1) is 5.82 Å². The molecule has 0 aliphatic rings. The van der Waals surface area contributed by atoms with Crippen LogP contribution >= 0.6 is 15.9 Å². The molecule has 1 aromatic carbocycles. The van der Waals surface area contributed by atoms with Crippen LogP contribution in [0.5, 0.6) is 0 Å². The van der Waals surface area contributed by atoms with E-state index in [1.807, 2.05) is 6.92 Å². The van der Waals surface area contributed by atoms with Gasteiger partial charge < -0.3 is 4.57 Å². The minimum absolute atomic E-state index is 0.157. The van der Waals surface area contributed by atoms with Crippen molar-refractivity contribution in [2.75, 3.05) is 0 Å². The van der Waals surface area contributed by atoms with Crippen LogP contribution in [0.4, 0.5) is 4.39 Å². The summed E-state index contributed by atoms with van der Waals surface area (Å²) in [6, 6.07) is 4.63. The quantitative estimate of drug-likeness (QED) is 0.904. The Balaban J connectivity index is 2.37. The van der Waals surface area contributed by atoms with Crippen LogP contribution in [0.15, 0.2) is 33.9 Å². The van der Waals surface area contributed by atoms with E-state index in [1.54, 1.807) is 16.7 Å². The number of hydrogen-bond acceptors (Lipinski definition) is 3. The van der Waals surface area contributed by atoms with Gasteiger partial charge in [-0.05, 0) is 33.6 Å². The summed E-state index contributed by atoms with van der Waals surface area (Å²) in [4.78, 5) is 4.00. The minimum Gasteiger partial charge on any atom is -0.329 e. The first kappa shape index (κ1) is 15.1. The topological polar surface area (TPSA) is 78.0 Å². The molecule has 0 aliphatic carbocycles. The van der Waals surface area contributed by atoms with Crippen molar-refractivity contribution < 1.29 is 12.8 Å². The number of benzene rings is 1. The highest BCUT2D eigenvalue weighted by Crippen LogP contribution is 2.18. The second-order valence-corrected chi connectivity index (χ2v) is 6.63. The molecule has 0 bridgehead atoms. The van der Waals surface area contributed by atoms with E-state index in [-0.39, 0.29) is 10.8 Å². The molecule has 5 nitrogen and oxygen atoms in total. The predicted molar refractivity (Wildman–Crippen MR) is 76.2 cm³/mol. The monoisotopic (exact) mass is 361 g/mol. The summed E-state index contributed by atoms with van der Waals surface area (Å²) in [7, 11) is -3.82. The lowest BCUT2D eigenvalue weighted by atomic mass is 10.2. The zero-order valence-electron chi connectivity index (χ0n) is 10.7. The second kappa shape index (κ2) is 5.63. The van der Waals surface area contributed by atoms with E-state index >= 15 is 0 Å². The molecule has 20 heavy (non-hydrogen) atoms. The molecule has 8 heteroatoms. The Kier molecular flexibility index (Phi) is 4.26. The van der Waals surface area contributed by atoms with Crippen LogP contribution in [0.3, 0.4) is 0 Å². The summed E-state index contributed by atoms with van der Waals surface area (Å²) in [6.07, 6.45) is 1.96. The molecule has 0 spiro atoms. The van der Waals surface area contributed by atoms with Gasteiger partial charge in [0.2, 0.25) is 0 Å². The molecule has 1 heterocycles. The van der Waals surface area contributed by atoms with Crippen LogP contribution in [0.1, 0.15) is 18.3 Å². The van der Waals surface area contributed by atoms with E-state index in [0.29, 0.717) is 23.3 Å². The first-order chi connectivity index (χ1) is 9.31. The van der Waals surface area contributed by atoms with Gasteiger partial charge in [-0.1, -0.05) is 13.0 Å². The lowest BCUT2D eigenvalue weighted by molar-refractivity contribution is 0.594. The largest absolute Gasteiger partial charge is 0.329 e. The lowest BCUT2D eigenvalue weighted by Gasteiger charge is -2.07. The first-order valence-corrected chi connectivity index (χ1v) is 8.18. The van der Waals surface area contributed by atoms with Crippen molar-refractivity contribution in [2.24, 2.45) is 5.14 Å². The summed E-state index contributed by atoms with van der Waals surface area (Å²) in [5.74, 6) is 0.259. The molecular weight excluding hydrogens is 349 g/mol. The molecule has 2 rings (SSSR count). The molecule has 0 atom stereocenters. The highest BCUT2D eigenvalue weighted by Gasteiger charge is 2.15. The maximum Gasteiger partial charge on any atom is 0.257 e. The van der Waals surface area contributed by atoms with Gasteiger partial charge in [0.05, 0.1) is 4.47 Å². The molecule has 0 radical (unpaired) electrons. The fourth-order valence-electron chi connectivity index (χ4n) is 1.82. The minimum atomic E-state index is -3.82. The average molecular weight is 362 g/mol. The lowest BCUT2D eigenvalue weighted by Crippen LogP contribution is -2.12. The van der Waals surface area contributed by atoms with Gasteiger partial charge in [-0.2, -0.15) is 0 Å². The van der Waals surface area contributed by atoms with Gasteiger partial charge in [-0.15, -0.1) is 0 Å². The third kappa shape index (κ3) is 3.25. The first-order valence-electron chi connectivity index (χ1n) is 5.84. The van der Waals surface area contributed by atoms with Crippen LogP contribution in [-0.2, 0) is 23.0 Å². The van der Waals surface area contributed by atoms with E-state index in [1.165, 1.54) is 12.3 Å². The standard InChI is InChI=1S/C12H13BrFN3O2S/c1-2-11-16-12(20(15,18)19)7-17(11)6-8-3-4-10(14)9(13)5-8/h3-5,7H,2,6H2,1H3,(H2,15,18,19). The van der Waals surface area contributed by atoms with Crippen molar-refractivity contribution in [3.05, 3.63) is 46.1 Å². The van der Waals surface area contributed by atoms with Crippen molar-refractivity contribution in [2.45, 2.75) is 24.9 Å². The van der Waals surface area contributed by atoms with Crippen LogP contribution in [0.2, 0.25) is 0 Å². The normalized spacial score (nSPS) is 11.8. The third-order valence-corrected chi connectivity index (χ3v) is 4.17. The molecule has 0 fully saturated rings. The number of aryl methyl sites for hydroxylation is 1. The molecule has 0 aliphatic heterocycles. The maximum atomic E-state index is 13.2. The number of primary sulfonamides is 1. The number of rotatable bonds is 4. The zero-order valence-corrected chi connectivity index (χ0v) is 13.1. The highest BCUT2D eigenvalue weighted by molar-refractivity contribution is 9.10. The highest BCUT2D eigenvalue weighted by atomic mass is 79.9. The molecule has 0 saturated carbocycles. The molecule has 2 N–H and O–H groups in total. The number of hydrogen-bond donors (Lipinski definition) is 1. The predicted octanol–water partition coefficient (Wildman–Crippen LogP) is 2.04. The Labute approximate surface area is 124 Å². The second-order valence-electron chi connectivity index (χ2n) is 4.27. The number of halogens is 2. The Morgan fingerprint density at radius 3 is 2.70 bits per heavy atom.